The number of anilines is 1. The molecule has 0 saturated heterocycles. The fraction of sp³-hybridized carbons (Fsp3) is 0.0588. The third kappa shape index (κ3) is 2.45. The van der Waals surface area contributed by atoms with E-state index >= 15 is 0 Å². The molecule has 0 unspecified atom stereocenters. The molecule has 6 nitrogen and oxygen atoms in total. The summed E-state index contributed by atoms with van der Waals surface area (Å²) >= 11 is 0. The average Bonchev–Trinajstić information content (AvgIpc) is 2.79. The number of amides is 3. The van der Waals surface area contributed by atoms with E-state index in [0.717, 1.165) is 4.90 Å². The minimum atomic E-state index is -0.389. The van der Waals surface area contributed by atoms with E-state index in [1.807, 2.05) is 6.07 Å². The molecule has 0 fully saturated rings. The minimum absolute atomic E-state index is 0.273. The van der Waals surface area contributed by atoms with Crippen molar-refractivity contribution in [2.75, 3.05) is 12.4 Å². The summed E-state index contributed by atoms with van der Waals surface area (Å²) in [6, 6.07) is 12.8. The lowest BCUT2D eigenvalue weighted by Crippen LogP contribution is -2.24. The average molecular weight is 305 g/mol. The van der Waals surface area contributed by atoms with Crippen molar-refractivity contribution < 1.29 is 14.4 Å². The summed E-state index contributed by atoms with van der Waals surface area (Å²) in [6.07, 6.45) is 0. The van der Waals surface area contributed by atoms with Crippen LogP contribution in [0.1, 0.15) is 36.6 Å². The van der Waals surface area contributed by atoms with Gasteiger partial charge >= 0.3 is 0 Å². The Balaban J connectivity index is 1.84. The van der Waals surface area contributed by atoms with E-state index in [2.05, 4.69) is 5.32 Å². The van der Waals surface area contributed by atoms with Crippen LogP contribution < -0.4 is 5.32 Å². The molecule has 3 rings (SSSR count). The second-order valence-electron chi connectivity index (χ2n) is 5.07. The van der Waals surface area contributed by atoms with Crippen molar-refractivity contribution in [3.05, 3.63) is 64.7 Å². The summed E-state index contributed by atoms with van der Waals surface area (Å²) in [7, 11) is 1.42. The zero-order valence-electron chi connectivity index (χ0n) is 12.2. The molecule has 0 radical (unpaired) electrons. The Morgan fingerprint density at radius 1 is 1.04 bits per heavy atom. The molecule has 0 aliphatic carbocycles. The Hall–Kier alpha value is -3.46. The maximum absolute atomic E-state index is 12.2. The quantitative estimate of drug-likeness (QED) is 0.860. The van der Waals surface area contributed by atoms with Crippen LogP contribution in [0, 0.1) is 11.3 Å². The highest BCUT2D eigenvalue weighted by molar-refractivity contribution is 6.21. The lowest BCUT2D eigenvalue weighted by Gasteiger charge is -2.06. The van der Waals surface area contributed by atoms with Crippen LogP contribution in [0.3, 0.4) is 0 Å². The highest BCUT2D eigenvalue weighted by atomic mass is 16.2. The fourth-order valence-electron chi connectivity index (χ4n) is 2.34. The minimum Gasteiger partial charge on any atom is -0.322 e. The van der Waals surface area contributed by atoms with Gasteiger partial charge in [-0.15, -0.1) is 0 Å². The molecule has 0 bridgehead atoms. The second-order valence-corrected chi connectivity index (χ2v) is 5.07. The van der Waals surface area contributed by atoms with E-state index in [1.54, 1.807) is 30.3 Å². The van der Waals surface area contributed by atoms with E-state index in [1.165, 1.54) is 19.2 Å². The molecule has 2 aromatic rings. The van der Waals surface area contributed by atoms with Gasteiger partial charge in [-0.25, -0.2) is 0 Å². The van der Waals surface area contributed by atoms with Crippen LogP contribution in [-0.4, -0.2) is 29.7 Å². The number of hydrogen-bond donors (Lipinski definition) is 1. The molecule has 0 spiro atoms. The molecular weight excluding hydrogens is 294 g/mol. The molecule has 112 valence electrons. The maximum atomic E-state index is 12.2. The molecule has 6 heteroatoms. The number of carbonyl (C=O) groups excluding carboxylic acids is 3. The normalized spacial score (nSPS) is 12.8. The van der Waals surface area contributed by atoms with Crippen LogP contribution in [0.25, 0.3) is 0 Å². The smallest absolute Gasteiger partial charge is 0.261 e. The predicted octanol–water partition coefficient (Wildman–Crippen LogP) is 2.04. The first kappa shape index (κ1) is 14.5. The molecule has 1 aliphatic rings. The van der Waals surface area contributed by atoms with Crippen LogP contribution in [-0.2, 0) is 0 Å². The number of fused-ring (bicyclic) bond motifs is 1. The number of nitrogens with one attached hydrogen (secondary N) is 1. The van der Waals surface area contributed by atoms with Crippen molar-refractivity contribution in [2.45, 2.75) is 0 Å². The van der Waals surface area contributed by atoms with Crippen LogP contribution in [0.4, 0.5) is 5.69 Å². The summed E-state index contributed by atoms with van der Waals surface area (Å²) in [6.45, 7) is 0. The first-order chi connectivity index (χ1) is 11.0. The van der Waals surface area contributed by atoms with Crippen molar-refractivity contribution in [3.63, 3.8) is 0 Å². The molecule has 0 aromatic heterocycles. The molecule has 0 saturated carbocycles. The maximum Gasteiger partial charge on any atom is 0.261 e. The van der Waals surface area contributed by atoms with E-state index < -0.39 is 0 Å². The van der Waals surface area contributed by atoms with Gasteiger partial charge in [0.25, 0.3) is 17.7 Å². The van der Waals surface area contributed by atoms with Gasteiger partial charge in [0.15, 0.2) is 0 Å². The monoisotopic (exact) mass is 305 g/mol. The van der Waals surface area contributed by atoms with Crippen molar-refractivity contribution in [1.82, 2.24) is 4.90 Å². The fourth-order valence-corrected chi connectivity index (χ4v) is 2.34. The second kappa shape index (κ2) is 5.39. The number of nitrogens with zero attached hydrogens (tertiary/aromatic N) is 2. The van der Waals surface area contributed by atoms with Crippen molar-refractivity contribution in [2.24, 2.45) is 0 Å². The van der Waals surface area contributed by atoms with Crippen LogP contribution in [0.5, 0.6) is 0 Å². The molecular formula is C17H11N3O3. The van der Waals surface area contributed by atoms with Gasteiger partial charge in [-0.3, -0.25) is 19.3 Å². The third-order valence-corrected chi connectivity index (χ3v) is 3.62. The Bertz CT molecular complexity index is 879. The summed E-state index contributed by atoms with van der Waals surface area (Å²) in [5.74, 6) is -1.10. The Morgan fingerprint density at radius 2 is 1.70 bits per heavy atom. The van der Waals surface area contributed by atoms with Crippen molar-refractivity contribution >= 4 is 23.4 Å². The van der Waals surface area contributed by atoms with E-state index in [-0.39, 0.29) is 23.3 Å². The number of rotatable bonds is 2. The Kier molecular flexibility index (Phi) is 3.39. The lowest BCUT2D eigenvalue weighted by molar-refractivity contribution is 0.0692. The largest absolute Gasteiger partial charge is 0.322 e. The predicted molar refractivity (Wildman–Crippen MR) is 82.0 cm³/mol. The summed E-state index contributed by atoms with van der Waals surface area (Å²) in [4.78, 5) is 37.0. The molecule has 0 atom stereocenters. The van der Waals surface area contributed by atoms with Gasteiger partial charge < -0.3 is 5.32 Å². The zero-order valence-corrected chi connectivity index (χ0v) is 12.2. The zero-order chi connectivity index (χ0) is 16.6. The van der Waals surface area contributed by atoms with Gasteiger partial charge in [0.2, 0.25) is 0 Å². The molecule has 23 heavy (non-hydrogen) atoms. The lowest BCUT2D eigenvalue weighted by atomic mass is 10.1. The summed E-state index contributed by atoms with van der Waals surface area (Å²) < 4.78 is 0. The van der Waals surface area contributed by atoms with Crippen molar-refractivity contribution in [3.8, 4) is 6.07 Å². The standard InChI is InChI=1S/C17H11N3O3/c1-20-16(22)13-7-6-12(8-14(13)17(20)23)19-15(21)11-4-2-10(9-18)3-5-11/h2-8H,1H3,(H,19,21). The SMILES string of the molecule is CN1C(=O)c2ccc(NC(=O)c3ccc(C#N)cc3)cc2C1=O. The first-order valence-corrected chi connectivity index (χ1v) is 6.79. The number of imide groups is 1. The van der Waals surface area contributed by atoms with Crippen LogP contribution in [0.15, 0.2) is 42.5 Å². The third-order valence-electron chi connectivity index (χ3n) is 3.62. The van der Waals surface area contributed by atoms with Gasteiger partial charge in [0.1, 0.15) is 0 Å². The van der Waals surface area contributed by atoms with Crippen LogP contribution >= 0.6 is 0 Å². The number of hydrogen-bond acceptors (Lipinski definition) is 4. The highest BCUT2D eigenvalue weighted by Gasteiger charge is 2.32. The van der Waals surface area contributed by atoms with Gasteiger partial charge in [-0.2, -0.15) is 5.26 Å². The Morgan fingerprint density at radius 3 is 2.35 bits per heavy atom. The van der Waals surface area contributed by atoms with E-state index in [9.17, 15) is 14.4 Å². The molecule has 1 heterocycles. The number of carbonyl (C=O) groups is 3. The van der Waals surface area contributed by atoms with Gasteiger partial charge in [0.05, 0.1) is 22.8 Å². The topological polar surface area (TPSA) is 90.3 Å². The Labute approximate surface area is 131 Å². The summed E-state index contributed by atoms with van der Waals surface area (Å²) in [5.41, 5.74) is 1.88. The van der Waals surface area contributed by atoms with Crippen LogP contribution in [0.2, 0.25) is 0 Å². The summed E-state index contributed by atoms with van der Waals surface area (Å²) in [5, 5.41) is 11.4. The van der Waals surface area contributed by atoms with E-state index in [4.69, 9.17) is 5.26 Å². The molecule has 1 N–H and O–H groups in total. The molecule has 2 aromatic carbocycles. The van der Waals surface area contributed by atoms with Gasteiger partial charge in [-0.05, 0) is 42.5 Å². The molecule has 1 aliphatic heterocycles. The number of benzene rings is 2. The van der Waals surface area contributed by atoms with E-state index in [0.29, 0.717) is 22.4 Å². The number of nitriles is 1. The first-order valence-electron chi connectivity index (χ1n) is 6.79. The molecule has 3 amide bonds. The van der Waals surface area contributed by atoms with Crippen molar-refractivity contribution in [1.29, 1.82) is 5.26 Å². The van der Waals surface area contributed by atoms with Gasteiger partial charge in [0, 0.05) is 18.3 Å². The highest BCUT2D eigenvalue weighted by Crippen LogP contribution is 2.25. The van der Waals surface area contributed by atoms with Gasteiger partial charge in [-0.1, -0.05) is 0 Å².